The number of nitrogens with two attached hydrogens (primary N) is 1. The third-order valence-electron chi connectivity index (χ3n) is 2.16. The molecule has 0 aliphatic carbocycles. The van der Waals surface area contributed by atoms with Gasteiger partial charge in [0, 0.05) is 15.7 Å². The van der Waals surface area contributed by atoms with Crippen molar-refractivity contribution in [3.05, 3.63) is 50.6 Å². The topological polar surface area (TPSA) is 52.3 Å². The first-order valence-corrected chi connectivity index (χ1v) is 6.63. The molecule has 0 atom stereocenters. The molecule has 1 aromatic carbocycles. The summed E-state index contributed by atoms with van der Waals surface area (Å²) >= 11 is 4.87. The second-order valence-electron chi connectivity index (χ2n) is 3.45. The van der Waals surface area contributed by atoms with Crippen molar-refractivity contribution in [1.82, 2.24) is 0 Å². The normalized spacial score (nSPS) is 10.2. The molecule has 2 rings (SSSR count). The molecule has 0 spiro atoms. The van der Waals surface area contributed by atoms with Gasteiger partial charge in [-0.05, 0) is 51.0 Å². The summed E-state index contributed by atoms with van der Waals surface area (Å²) in [5.41, 5.74) is 7.60. The van der Waals surface area contributed by atoms with Crippen LogP contribution in [0.2, 0.25) is 0 Å². The Morgan fingerprint density at radius 3 is 2.94 bits per heavy atom. The van der Waals surface area contributed by atoms with Gasteiger partial charge in [0.2, 0.25) is 0 Å². The summed E-state index contributed by atoms with van der Waals surface area (Å²) in [6, 6.07) is 6.97. The van der Waals surface area contributed by atoms with E-state index in [1.165, 1.54) is 0 Å². The molecule has 0 aliphatic rings. The molecule has 0 fully saturated rings. The van der Waals surface area contributed by atoms with Crippen molar-refractivity contribution in [1.29, 1.82) is 0 Å². The Balaban J connectivity index is 2.07. The Bertz CT molecular complexity index is 525. The molecule has 0 unspecified atom stereocenters. The van der Waals surface area contributed by atoms with E-state index < -0.39 is 0 Å². The van der Waals surface area contributed by atoms with Crippen molar-refractivity contribution in [3.63, 3.8) is 0 Å². The summed E-state index contributed by atoms with van der Waals surface area (Å²) in [4.78, 5) is 11.8. The van der Waals surface area contributed by atoms with Crippen LogP contribution in [0, 0.1) is 0 Å². The zero-order valence-electron chi connectivity index (χ0n) is 8.85. The summed E-state index contributed by atoms with van der Waals surface area (Å²) in [5.74, 6) is -0.379. The van der Waals surface area contributed by atoms with Gasteiger partial charge >= 0.3 is 5.97 Å². The first-order valence-electron chi connectivity index (χ1n) is 4.90. The average Bonchev–Trinajstić information content (AvgIpc) is 2.82. The van der Waals surface area contributed by atoms with Crippen molar-refractivity contribution in [3.8, 4) is 0 Å². The molecule has 0 saturated heterocycles. The molecule has 2 N–H and O–H groups in total. The predicted molar refractivity (Wildman–Crippen MR) is 72.0 cm³/mol. The van der Waals surface area contributed by atoms with Crippen LogP contribution in [0.1, 0.15) is 15.9 Å². The fourth-order valence-corrected chi connectivity index (χ4v) is 2.36. The van der Waals surface area contributed by atoms with Gasteiger partial charge in [0.25, 0.3) is 0 Å². The zero-order chi connectivity index (χ0) is 12.3. The van der Waals surface area contributed by atoms with Crippen LogP contribution in [0.5, 0.6) is 0 Å². The summed E-state index contributed by atoms with van der Waals surface area (Å²) in [7, 11) is 0. The standard InChI is InChI=1S/C12H10BrNO2S/c13-11-2-1-9(14)5-10(11)12(15)16-6-8-3-4-17-7-8/h1-5,7H,6,14H2. The number of ether oxygens (including phenoxy) is 1. The molecule has 0 bridgehead atoms. The highest BCUT2D eigenvalue weighted by Crippen LogP contribution is 2.21. The van der Waals surface area contributed by atoms with Crippen LogP contribution in [0.25, 0.3) is 0 Å². The Hall–Kier alpha value is -1.33. The molecule has 3 nitrogen and oxygen atoms in total. The number of nitrogen functional groups attached to an aromatic ring is 1. The van der Waals surface area contributed by atoms with Gasteiger partial charge in [0.1, 0.15) is 6.61 Å². The number of hydrogen-bond acceptors (Lipinski definition) is 4. The van der Waals surface area contributed by atoms with Gasteiger partial charge in [-0.1, -0.05) is 0 Å². The molecular formula is C12H10BrNO2S. The third-order valence-corrected chi connectivity index (χ3v) is 3.58. The smallest absolute Gasteiger partial charge is 0.339 e. The van der Waals surface area contributed by atoms with Crippen LogP contribution >= 0.6 is 27.3 Å². The minimum absolute atomic E-state index is 0.281. The van der Waals surface area contributed by atoms with Gasteiger partial charge in [-0.3, -0.25) is 0 Å². The minimum atomic E-state index is -0.379. The number of anilines is 1. The SMILES string of the molecule is Nc1ccc(Br)c(C(=O)OCc2ccsc2)c1. The van der Waals surface area contributed by atoms with Crippen LogP contribution < -0.4 is 5.73 Å². The number of hydrogen-bond donors (Lipinski definition) is 1. The highest BCUT2D eigenvalue weighted by atomic mass is 79.9. The Morgan fingerprint density at radius 1 is 1.41 bits per heavy atom. The van der Waals surface area contributed by atoms with E-state index in [2.05, 4.69) is 15.9 Å². The van der Waals surface area contributed by atoms with E-state index in [0.717, 1.165) is 5.56 Å². The first kappa shape index (κ1) is 12.1. The van der Waals surface area contributed by atoms with E-state index in [-0.39, 0.29) is 12.6 Å². The lowest BCUT2D eigenvalue weighted by molar-refractivity contribution is 0.0472. The van der Waals surface area contributed by atoms with Crippen LogP contribution in [0.3, 0.4) is 0 Å². The molecule has 88 valence electrons. The van der Waals surface area contributed by atoms with E-state index >= 15 is 0 Å². The van der Waals surface area contributed by atoms with Gasteiger partial charge in [-0.15, -0.1) is 0 Å². The third kappa shape index (κ3) is 3.08. The Morgan fingerprint density at radius 2 is 2.24 bits per heavy atom. The lowest BCUT2D eigenvalue weighted by Crippen LogP contribution is -2.06. The largest absolute Gasteiger partial charge is 0.457 e. The molecule has 1 heterocycles. The fourth-order valence-electron chi connectivity index (χ4n) is 1.30. The second kappa shape index (κ2) is 5.33. The number of carbonyl (C=O) groups excluding carboxylic acids is 1. The van der Waals surface area contributed by atoms with Crippen molar-refractivity contribution in [2.24, 2.45) is 0 Å². The van der Waals surface area contributed by atoms with Gasteiger partial charge in [0.15, 0.2) is 0 Å². The Labute approximate surface area is 111 Å². The number of thiophene rings is 1. The Kier molecular flexibility index (Phi) is 3.81. The molecule has 1 aromatic heterocycles. The van der Waals surface area contributed by atoms with E-state index in [9.17, 15) is 4.79 Å². The summed E-state index contributed by atoms with van der Waals surface area (Å²) < 4.78 is 5.87. The maximum absolute atomic E-state index is 11.8. The lowest BCUT2D eigenvalue weighted by Gasteiger charge is -2.06. The van der Waals surface area contributed by atoms with Gasteiger partial charge < -0.3 is 10.5 Å². The summed E-state index contributed by atoms with van der Waals surface area (Å²) in [5, 5.41) is 3.89. The maximum Gasteiger partial charge on any atom is 0.339 e. The van der Waals surface area contributed by atoms with E-state index in [1.807, 2.05) is 16.8 Å². The molecule has 0 saturated carbocycles. The van der Waals surface area contributed by atoms with Crippen LogP contribution in [-0.4, -0.2) is 5.97 Å². The zero-order valence-corrected chi connectivity index (χ0v) is 11.3. The molecule has 0 radical (unpaired) electrons. The number of benzene rings is 1. The van der Waals surface area contributed by atoms with Crippen molar-refractivity contribution in [2.45, 2.75) is 6.61 Å². The summed E-state index contributed by atoms with van der Waals surface area (Å²) in [6.45, 7) is 0.281. The van der Waals surface area contributed by atoms with Crippen LogP contribution in [0.4, 0.5) is 5.69 Å². The highest BCUT2D eigenvalue weighted by molar-refractivity contribution is 9.10. The van der Waals surface area contributed by atoms with Gasteiger partial charge in [0.05, 0.1) is 5.56 Å². The van der Waals surface area contributed by atoms with Crippen molar-refractivity contribution < 1.29 is 9.53 Å². The summed E-state index contributed by atoms with van der Waals surface area (Å²) in [6.07, 6.45) is 0. The van der Waals surface area contributed by atoms with Crippen molar-refractivity contribution >= 4 is 38.9 Å². The monoisotopic (exact) mass is 311 g/mol. The molecule has 17 heavy (non-hydrogen) atoms. The van der Waals surface area contributed by atoms with E-state index in [1.54, 1.807) is 29.5 Å². The molecule has 2 aromatic rings. The van der Waals surface area contributed by atoms with Crippen LogP contribution in [-0.2, 0) is 11.3 Å². The number of carbonyl (C=O) groups is 1. The maximum atomic E-state index is 11.8. The van der Waals surface area contributed by atoms with Gasteiger partial charge in [-0.2, -0.15) is 11.3 Å². The number of halogens is 1. The molecule has 5 heteroatoms. The van der Waals surface area contributed by atoms with Crippen LogP contribution in [0.15, 0.2) is 39.5 Å². The molecular weight excluding hydrogens is 302 g/mol. The number of esters is 1. The van der Waals surface area contributed by atoms with Crippen molar-refractivity contribution in [2.75, 3.05) is 5.73 Å². The predicted octanol–water partition coefficient (Wildman–Crippen LogP) is 3.45. The minimum Gasteiger partial charge on any atom is -0.457 e. The lowest BCUT2D eigenvalue weighted by atomic mass is 10.2. The second-order valence-corrected chi connectivity index (χ2v) is 5.08. The fraction of sp³-hybridized carbons (Fsp3) is 0.0833. The quantitative estimate of drug-likeness (QED) is 0.697. The van der Waals surface area contributed by atoms with E-state index in [0.29, 0.717) is 15.7 Å². The molecule has 0 aliphatic heterocycles. The first-order chi connectivity index (χ1) is 8.16. The highest BCUT2D eigenvalue weighted by Gasteiger charge is 2.12. The number of rotatable bonds is 3. The molecule has 0 amide bonds. The van der Waals surface area contributed by atoms with Gasteiger partial charge in [-0.25, -0.2) is 4.79 Å². The van der Waals surface area contributed by atoms with E-state index in [4.69, 9.17) is 10.5 Å². The average molecular weight is 312 g/mol.